The van der Waals surface area contributed by atoms with Crippen LogP contribution in [0.2, 0.25) is 18.6 Å². The first-order valence-corrected chi connectivity index (χ1v) is 15.0. The van der Waals surface area contributed by atoms with E-state index in [2.05, 4.69) is 96.2 Å². The number of hydrogen-bond acceptors (Lipinski definition) is 0. The van der Waals surface area contributed by atoms with Gasteiger partial charge in [0.15, 0.2) is 6.20 Å². The number of pyridine rings is 1. The van der Waals surface area contributed by atoms with E-state index < -0.39 is 8.07 Å². The number of rotatable bonds is 3. The monoisotopic (exact) mass is 430 g/mol. The molecule has 0 radical (unpaired) electrons. The quantitative estimate of drug-likeness (QED) is 0.313. The molecule has 31 heavy (non-hydrogen) atoms. The highest BCUT2D eigenvalue weighted by Gasteiger charge is 2.38. The van der Waals surface area contributed by atoms with E-state index in [1.54, 1.807) is 5.19 Å². The van der Waals surface area contributed by atoms with Crippen LogP contribution in [-0.4, -0.2) is 8.07 Å². The Morgan fingerprint density at radius 2 is 1.61 bits per heavy atom. The number of benzene rings is 2. The Morgan fingerprint density at radius 1 is 0.935 bits per heavy atom. The normalized spacial score (nSPS) is 17.8. The van der Waals surface area contributed by atoms with Gasteiger partial charge in [-0.2, -0.15) is 0 Å². The van der Waals surface area contributed by atoms with Gasteiger partial charge in [0.05, 0.1) is 19.0 Å². The Labute approximate surface area is 190 Å². The third-order valence-corrected chi connectivity index (χ3v) is 12.9. The molecule has 1 saturated heterocycles. The van der Waals surface area contributed by atoms with E-state index >= 15 is 0 Å². The molecule has 0 N–H and O–H groups in total. The van der Waals surface area contributed by atoms with Crippen molar-refractivity contribution in [1.82, 2.24) is 0 Å². The largest absolute Gasteiger partial charge is 0.220 e. The summed E-state index contributed by atoms with van der Waals surface area (Å²) in [7, 11) is 0.819. The van der Waals surface area contributed by atoms with Crippen LogP contribution in [0.1, 0.15) is 55.9 Å². The molecule has 1 nitrogen and oxygen atoms in total. The lowest BCUT2D eigenvalue weighted by molar-refractivity contribution is -0.659. The van der Waals surface area contributed by atoms with Gasteiger partial charge in [0.25, 0.3) is 0 Å². The maximum Gasteiger partial charge on any atom is 0.220 e. The van der Waals surface area contributed by atoms with Crippen LogP contribution in [0.15, 0.2) is 36.5 Å². The lowest BCUT2D eigenvalue weighted by atomic mass is 9.87. The van der Waals surface area contributed by atoms with E-state index in [4.69, 9.17) is 0 Å². The molecular formula is C29H40NSi+. The smallest absolute Gasteiger partial charge is 0.200 e. The fourth-order valence-corrected chi connectivity index (χ4v) is 9.85. The molecule has 0 unspecified atom stereocenters. The molecule has 2 heteroatoms. The highest BCUT2D eigenvalue weighted by molar-refractivity contribution is 6.91. The van der Waals surface area contributed by atoms with Crippen LogP contribution >= 0.6 is 0 Å². The predicted molar refractivity (Wildman–Crippen MR) is 138 cm³/mol. The molecule has 1 aromatic heterocycles. The van der Waals surface area contributed by atoms with Gasteiger partial charge in [0, 0.05) is 6.07 Å². The van der Waals surface area contributed by atoms with Crippen molar-refractivity contribution in [3.63, 3.8) is 0 Å². The number of aromatic nitrogens is 1. The van der Waals surface area contributed by atoms with Crippen molar-refractivity contribution in [3.05, 3.63) is 58.8 Å². The third-order valence-electron chi connectivity index (χ3n) is 8.51. The van der Waals surface area contributed by atoms with Crippen molar-refractivity contribution in [2.24, 2.45) is 12.5 Å². The zero-order valence-electron chi connectivity index (χ0n) is 20.9. The van der Waals surface area contributed by atoms with Crippen molar-refractivity contribution in [2.45, 2.75) is 79.4 Å². The van der Waals surface area contributed by atoms with Gasteiger partial charge < -0.3 is 0 Å². The molecule has 0 aliphatic carbocycles. The zero-order valence-corrected chi connectivity index (χ0v) is 21.9. The summed E-state index contributed by atoms with van der Waals surface area (Å²) >= 11 is 0. The van der Waals surface area contributed by atoms with Gasteiger partial charge in [-0.3, -0.25) is 0 Å². The summed E-state index contributed by atoms with van der Waals surface area (Å²) < 4.78 is 2.32. The first-order valence-electron chi connectivity index (χ1n) is 12.1. The van der Waals surface area contributed by atoms with E-state index in [1.807, 2.05) is 0 Å². The molecule has 0 saturated carbocycles. The van der Waals surface area contributed by atoms with Crippen molar-refractivity contribution in [3.8, 4) is 11.3 Å². The lowest BCUT2D eigenvalue weighted by Crippen LogP contribution is -2.48. The predicted octanol–water partition coefficient (Wildman–Crippen LogP) is 6.92. The van der Waals surface area contributed by atoms with Gasteiger partial charge in [0.2, 0.25) is 5.69 Å². The van der Waals surface area contributed by atoms with Crippen LogP contribution < -0.4 is 9.75 Å². The van der Waals surface area contributed by atoms with E-state index in [-0.39, 0.29) is 0 Å². The Hall–Kier alpha value is -1.93. The van der Waals surface area contributed by atoms with Crippen molar-refractivity contribution in [1.29, 1.82) is 0 Å². The van der Waals surface area contributed by atoms with Gasteiger partial charge in [-0.05, 0) is 72.4 Å². The Bertz CT molecular complexity index is 1150. The molecule has 2 heterocycles. The molecule has 0 bridgehead atoms. The van der Waals surface area contributed by atoms with E-state index in [9.17, 15) is 0 Å². The molecule has 0 atom stereocenters. The minimum absolute atomic E-state index is 0.530. The molecule has 2 aromatic carbocycles. The molecule has 3 aromatic rings. The summed E-state index contributed by atoms with van der Waals surface area (Å²) in [4.78, 5) is 0. The standard InChI is InChI=1S/C29H40NSi/c1-9-23-19-27(22(4)20(2)21(23)3)28-26-11-10-25(18-24(26)12-15-30(28)7)31(8)16-13-29(5,6)14-17-31/h10-12,15,18-19H,9,13-14,16-17H2,1-8H3/q+1. The zero-order chi connectivity index (χ0) is 22.6. The molecular weight excluding hydrogens is 390 g/mol. The van der Waals surface area contributed by atoms with E-state index in [0.717, 1.165) is 6.42 Å². The number of fused-ring (bicyclic) bond motifs is 1. The first-order chi connectivity index (χ1) is 14.6. The lowest BCUT2D eigenvalue weighted by Gasteiger charge is -2.40. The Balaban J connectivity index is 1.86. The van der Waals surface area contributed by atoms with Crippen molar-refractivity contribution in [2.75, 3.05) is 0 Å². The van der Waals surface area contributed by atoms with Crippen LogP contribution in [0.25, 0.3) is 22.0 Å². The number of aryl methyl sites for hydroxylation is 2. The van der Waals surface area contributed by atoms with Crippen LogP contribution in [0.3, 0.4) is 0 Å². The molecule has 1 aliphatic rings. The van der Waals surface area contributed by atoms with Gasteiger partial charge in [0.1, 0.15) is 7.05 Å². The second-order valence-electron chi connectivity index (χ2n) is 11.1. The summed E-state index contributed by atoms with van der Waals surface area (Å²) in [5, 5.41) is 4.44. The molecule has 4 rings (SSSR count). The van der Waals surface area contributed by atoms with Crippen LogP contribution in [0, 0.1) is 26.2 Å². The average Bonchev–Trinajstić information content (AvgIpc) is 2.75. The molecule has 1 aliphatic heterocycles. The molecule has 0 amide bonds. The first kappa shape index (κ1) is 22.3. The fraction of sp³-hybridized carbons (Fsp3) is 0.483. The van der Waals surface area contributed by atoms with Crippen molar-refractivity contribution < 1.29 is 4.57 Å². The second kappa shape index (κ2) is 7.88. The molecule has 1 fully saturated rings. The Kier molecular flexibility index (Phi) is 5.66. The summed E-state index contributed by atoms with van der Waals surface area (Å²) in [6.45, 7) is 16.6. The van der Waals surface area contributed by atoms with Crippen LogP contribution in [0.4, 0.5) is 0 Å². The summed E-state index contributed by atoms with van der Waals surface area (Å²) in [6, 6.07) is 15.1. The molecule has 164 valence electrons. The Morgan fingerprint density at radius 3 is 2.26 bits per heavy atom. The fourth-order valence-electron chi connectivity index (χ4n) is 5.58. The SMILES string of the molecule is CCc1cc(-c2c3ccc([Si]4(C)CCC(C)(C)CC4)cc3cc[n+]2C)c(C)c(C)c1C. The summed E-state index contributed by atoms with van der Waals surface area (Å²) in [6.07, 6.45) is 6.10. The highest BCUT2D eigenvalue weighted by Crippen LogP contribution is 2.41. The second-order valence-corrected chi connectivity index (χ2v) is 15.8. The maximum absolute atomic E-state index is 2.62. The minimum Gasteiger partial charge on any atom is -0.200 e. The van der Waals surface area contributed by atoms with E-state index in [0.29, 0.717) is 5.41 Å². The maximum atomic E-state index is 2.62. The summed E-state index contributed by atoms with van der Waals surface area (Å²) in [5.41, 5.74) is 9.05. The van der Waals surface area contributed by atoms with Crippen LogP contribution in [-0.2, 0) is 13.5 Å². The van der Waals surface area contributed by atoms with Crippen LogP contribution in [0.5, 0.6) is 0 Å². The third kappa shape index (κ3) is 3.88. The average molecular weight is 431 g/mol. The van der Waals surface area contributed by atoms with Gasteiger partial charge in [-0.1, -0.05) is 69.6 Å². The van der Waals surface area contributed by atoms with Gasteiger partial charge >= 0.3 is 0 Å². The van der Waals surface area contributed by atoms with Gasteiger partial charge in [-0.25, -0.2) is 4.57 Å². The minimum atomic E-state index is -1.38. The summed E-state index contributed by atoms with van der Waals surface area (Å²) in [5.74, 6) is 0. The van der Waals surface area contributed by atoms with Crippen molar-refractivity contribution >= 4 is 24.0 Å². The highest BCUT2D eigenvalue weighted by atomic mass is 28.3. The topological polar surface area (TPSA) is 3.88 Å². The van der Waals surface area contributed by atoms with E-state index in [1.165, 1.54) is 69.2 Å². The van der Waals surface area contributed by atoms with Gasteiger partial charge in [-0.15, -0.1) is 0 Å². The number of hydrogen-bond donors (Lipinski definition) is 0. The number of nitrogens with zero attached hydrogens (tertiary/aromatic N) is 1. The molecule has 0 spiro atoms.